The Bertz CT molecular complexity index is 939. The molecule has 3 amide bonds. The van der Waals surface area contributed by atoms with Crippen LogP contribution < -0.4 is 15.5 Å². The SMILES string of the molecule is O=C(NCc1ccc(Cl)cc1)C(=O)Nc1cc2c3c(c1)CCC(=O)N3CCC2. The second-order valence-corrected chi connectivity index (χ2v) is 7.49. The lowest BCUT2D eigenvalue weighted by Crippen LogP contribution is -2.39. The van der Waals surface area contributed by atoms with Crippen molar-refractivity contribution < 1.29 is 14.4 Å². The average molecular weight is 398 g/mol. The summed E-state index contributed by atoms with van der Waals surface area (Å²) in [5.74, 6) is -1.24. The molecule has 0 spiro atoms. The van der Waals surface area contributed by atoms with Crippen LogP contribution in [0.2, 0.25) is 5.02 Å². The molecule has 6 nitrogen and oxygen atoms in total. The zero-order chi connectivity index (χ0) is 19.7. The molecule has 0 saturated heterocycles. The van der Waals surface area contributed by atoms with Crippen molar-refractivity contribution in [1.29, 1.82) is 0 Å². The second kappa shape index (κ2) is 7.64. The summed E-state index contributed by atoms with van der Waals surface area (Å²) < 4.78 is 0. The van der Waals surface area contributed by atoms with Crippen LogP contribution in [0.1, 0.15) is 29.5 Å². The first-order chi connectivity index (χ1) is 13.5. The van der Waals surface area contributed by atoms with Crippen molar-refractivity contribution in [3.8, 4) is 0 Å². The number of carbonyl (C=O) groups excluding carboxylic acids is 3. The fourth-order valence-electron chi connectivity index (χ4n) is 3.78. The van der Waals surface area contributed by atoms with Gasteiger partial charge in [-0.1, -0.05) is 23.7 Å². The van der Waals surface area contributed by atoms with Gasteiger partial charge in [0.1, 0.15) is 0 Å². The lowest BCUT2D eigenvalue weighted by molar-refractivity contribution is -0.136. The Kier molecular flexibility index (Phi) is 5.05. The molecule has 0 atom stereocenters. The highest BCUT2D eigenvalue weighted by molar-refractivity contribution is 6.39. The molecule has 2 aromatic carbocycles. The van der Waals surface area contributed by atoms with E-state index in [-0.39, 0.29) is 12.5 Å². The Morgan fingerprint density at radius 2 is 1.71 bits per heavy atom. The minimum Gasteiger partial charge on any atom is -0.344 e. The maximum atomic E-state index is 12.3. The molecule has 2 N–H and O–H groups in total. The van der Waals surface area contributed by atoms with Gasteiger partial charge >= 0.3 is 11.8 Å². The molecule has 2 aliphatic rings. The van der Waals surface area contributed by atoms with E-state index >= 15 is 0 Å². The van der Waals surface area contributed by atoms with Gasteiger partial charge in [0.25, 0.3) is 0 Å². The second-order valence-electron chi connectivity index (χ2n) is 7.06. The number of benzene rings is 2. The van der Waals surface area contributed by atoms with Crippen LogP contribution >= 0.6 is 11.6 Å². The molecule has 2 heterocycles. The van der Waals surface area contributed by atoms with E-state index in [1.165, 1.54) is 0 Å². The molecule has 2 aromatic rings. The number of carbonyl (C=O) groups is 3. The van der Waals surface area contributed by atoms with Crippen molar-refractivity contribution in [2.75, 3.05) is 16.8 Å². The predicted molar refractivity (Wildman–Crippen MR) is 107 cm³/mol. The normalized spacial score (nSPS) is 15.0. The van der Waals surface area contributed by atoms with Gasteiger partial charge in [0.15, 0.2) is 0 Å². The molecule has 7 heteroatoms. The third-order valence-corrected chi connectivity index (χ3v) is 5.36. The Labute approximate surface area is 167 Å². The smallest absolute Gasteiger partial charge is 0.313 e. The number of amides is 3. The topological polar surface area (TPSA) is 78.5 Å². The van der Waals surface area contributed by atoms with Gasteiger partial charge in [0.2, 0.25) is 5.91 Å². The molecular weight excluding hydrogens is 378 g/mol. The van der Waals surface area contributed by atoms with Crippen molar-refractivity contribution >= 4 is 40.7 Å². The van der Waals surface area contributed by atoms with E-state index in [9.17, 15) is 14.4 Å². The molecule has 28 heavy (non-hydrogen) atoms. The largest absolute Gasteiger partial charge is 0.344 e. The van der Waals surface area contributed by atoms with E-state index in [0.717, 1.165) is 41.8 Å². The minimum atomic E-state index is -0.708. The molecule has 0 unspecified atom stereocenters. The zero-order valence-corrected chi connectivity index (χ0v) is 16.0. The first-order valence-corrected chi connectivity index (χ1v) is 9.69. The molecular formula is C21H20ClN3O3. The molecule has 0 fully saturated rings. The molecule has 0 aromatic heterocycles. The standard InChI is InChI=1S/C21H20ClN3O3/c22-16-6-3-13(4-7-16)12-23-20(27)21(28)24-17-10-14-2-1-9-25-18(26)8-5-15(11-17)19(14)25/h3-4,6-7,10-11H,1-2,5,8-9,12H2,(H,23,27)(H,24,28). The van der Waals surface area contributed by atoms with E-state index in [1.807, 2.05) is 17.0 Å². The maximum Gasteiger partial charge on any atom is 0.313 e. The van der Waals surface area contributed by atoms with E-state index in [0.29, 0.717) is 23.6 Å². The third kappa shape index (κ3) is 3.73. The summed E-state index contributed by atoms with van der Waals surface area (Å²) in [6.45, 7) is 0.994. The van der Waals surface area contributed by atoms with E-state index < -0.39 is 11.8 Å². The molecule has 0 radical (unpaired) electrons. The van der Waals surface area contributed by atoms with Crippen molar-refractivity contribution in [3.05, 3.63) is 58.1 Å². The number of hydrogen-bond donors (Lipinski definition) is 2. The quantitative estimate of drug-likeness (QED) is 0.782. The summed E-state index contributed by atoms with van der Waals surface area (Å²) in [6.07, 6.45) is 2.89. The van der Waals surface area contributed by atoms with Crippen molar-refractivity contribution in [2.24, 2.45) is 0 Å². The molecule has 2 aliphatic heterocycles. The Morgan fingerprint density at radius 1 is 1.00 bits per heavy atom. The number of anilines is 2. The third-order valence-electron chi connectivity index (χ3n) is 5.11. The number of nitrogens with zero attached hydrogens (tertiary/aromatic N) is 1. The van der Waals surface area contributed by atoms with Gasteiger partial charge in [-0.05, 0) is 60.2 Å². The van der Waals surface area contributed by atoms with Gasteiger partial charge in [-0.15, -0.1) is 0 Å². The monoisotopic (exact) mass is 397 g/mol. The molecule has 0 saturated carbocycles. The fourth-order valence-corrected chi connectivity index (χ4v) is 3.90. The summed E-state index contributed by atoms with van der Waals surface area (Å²) in [5, 5.41) is 5.91. The number of hydrogen-bond acceptors (Lipinski definition) is 3. The van der Waals surface area contributed by atoms with Crippen molar-refractivity contribution in [1.82, 2.24) is 5.32 Å². The highest BCUT2D eigenvalue weighted by atomic mass is 35.5. The van der Waals surface area contributed by atoms with Crippen LogP contribution in [0.3, 0.4) is 0 Å². The van der Waals surface area contributed by atoms with Crippen LogP contribution in [0.4, 0.5) is 11.4 Å². The van der Waals surface area contributed by atoms with Crippen LogP contribution in [-0.4, -0.2) is 24.3 Å². The highest BCUT2D eigenvalue weighted by Crippen LogP contribution is 2.37. The highest BCUT2D eigenvalue weighted by Gasteiger charge is 2.30. The maximum absolute atomic E-state index is 12.3. The van der Waals surface area contributed by atoms with Crippen LogP contribution in [0.25, 0.3) is 0 Å². The minimum absolute atomic E-state index is 0.159. The molecule has 4 rings (SSSR count). The first kappa shape index (κ1) is 18.5. The zero-order valence-electron chi connectivity index (χ0n) is 15.3. The predicted octanol–water partition coefficient (Wildman–Crippen LogP) is 2.82. The van der Waals surface area contributed by atoms with Gasteiger partial charge in [-0.25, -0.2) is 0 Å². The Hall–Kier alpha value is -2.86. The summed E-state index contributed by atoms with van der Waals surface area (Å²) in [4.78, 5) is 38.4. The van der Waals surface area contributed by atoms with Gasteiger partial charge < -0.3 is 15.5 Å². The summed E-state index contributed by atoms with van der Waals surface area (Å²) in [6, 6.07) is 10.8. The summed E-state index contributed by atoms with van der Waals surface area (Å²) in [5.41, 5.74) is 4.54. The van der Waals surface area contributed by atoms with Crippen LogP contribution in [0.15, 0.2) is 36.4 Å². The van der Waals surface area contributed by atoms with Crippen molar-refractivity contribution in [3.63, 3.8) is 0 Å². The first-order valence-electron chi connectivity index (χ1n) is 9.31. The fraction of sp³-hybridized carbons (Fsp3) is 0.286. The Morgan fingerprint density at radius 3 is 2.46 bits per heavy atom. The van der Waals surface area contributed by atoms with Gasteiger partial charge in [0, 0.05) is 30.2 Å². The summed E-state index contributed by atoms with van der Waals surface area (Å²) >= 11 is 5.84. The van der Waals surface area contributed by atoms with E-state index in [2.05, 4.69) is 10.6 Å². The van der Waals surface area contributed by atoms with Gasteiger partial charge in [-0.3, -0.25) is 14.4 Å². The summed E-state index contributed by atoms with van der Waals surface area (Å²) in [7, 11) is 0. The van der Waals surface area contributed by atoms with E-state index in [4.69, 9.17) is 11.6 Å². The number of aryl methyl sites for hydroxylation is 2. The van der Waals surface area contributed by atoms with Crippen molar-refractivity contribution in [2.45, 2.75) is 32.2 Å². The lowest BCUT2D eigenvalue weighted by atomic mass is 9.91. The molecule has 0 bridgehead atoms. The number of halogens is 1. The average Bonchev–Trinajstić information content (AvgIpc) is 2.70. The lowest BCUT2D eigenvalue weighted by Gasteiger charge is -2.35. The molecule has 0 aliphatic carbocycles. The van der Waals surface area contributed by atoms with Crippen LogP contribution in [0.5, 0.6) is 0 Å². The van der Waals surface area contributed by atoms with Gasteiger partial charge in [-0.2, -0.15) is 0 Å². The van der Waals surface area contributed by atoms with E-state index in [1.54, 1.807) is 24.3 Å². The Balaban J connectivity index is 1.44. The number of rotatable bonds is 3. The van der Waals surface area contributed by atoms with Crippen LogP contribution in [0, 0.1) is 0 Å². The molecule has 144 valence electrons. The number of nitrogens with one attached hydrogen (secondary N) is 2. The van der Waals surface area contributed by atoms with Crippen LogP contribution in [-0.2, 0) is 33.8 Å². The van der Waals surface area contributed by atoms with Gasteiger partial charge in [0.05, 0.1) is 5.69 Å².